The fourth-order valence-electron chi connectivity index (χ4n) is 2.05. The van der Waals surface area contributed by atoms with Gasteiger partial charge in [0.15, 0.2) is 0 Å². The molecule has 19 heavy (non-hydrogen) atoms. The minimum atomic E-state index is 0.283. The molecular weight excluding hydrogens is 234 g/mol. The standard InChI is InChI=1S/C17H29NO/c1-5-11-18-12-7-8-15(4)19-17-10-6-9-16(13-17)14(2)3/h6,9-10,13-15,18H,5,7-8,11-12H2,1-4H3. The summed E-state index contributed by atoms with van der Waals surface area (Å²) in [6.07, 6.45) is 3.76. The van der Waals surface area contributed by atoms with E-state index in [4.69, 9.17) is 4.74 Å². The summed E-state index contributed by atoms with van der Waals surface area (Å²) in [6.45, 7) is 11.0. The second-order valence-electron chi connectivity index (χ2n) is 5.55. The third kappa shape index (κ3) is 6.63. The lowest BCUT2D eigenvalue weighted by molar-refractivity contribution is 0.207. The first-order valence-electron chi connectivity index (χ1n) is 7.60. The van der Waals surface area contributed by atoms with Crippen LogP contribution in [0.3, 0.4) is 0 Å². The highest BCUT2D eigenvalue weighted by Crippen LogP contribution is 2.21. The van der Waals surface area contributed by atoms with Gasteiger partial charge in [0, 0.05) is 0 Å². The average molecular weight is 263 g/mol. The summed E-state index contributed by atoms with van der Waals surface area (Å²) in [5.41, 5.74) is 1.34. The molecule has 0 saturated carbocycles. The fourth-order valence-corrected chi connectivity index (χ4v) is 2.05. The molecule has 1 rings (SSSR count). The molecule has 0 amide bonds. The van der Waals surface area contributed by atoms with E-state index in [-0.39, 0.29) is 6.10 Å². The van der Waals surface area contributed by atoms with Crippen molar-refractivity contribution in [3.05, 3.63) is 29.8 Å². The van der Waals surface area contributed by atoms with Crippen LogP contribution < -0.4 is 10.1 Å². The first-order valence-corrected chi connectivity index (χ1v) is 7.60. The molecule has 1 N–H and O–H groups in total. The minimum Gasteiger partial charge on any atom is -0.491 e. The third-order valence-corrected chi connectivity index (χ3v) is 3.25. The maximum atomic E-state index is 5.98. The highest BCUT2D eigenvalue weighted by molar-refractivity contribution is 5.30. The maximum absolute atomic E-state index is 5.98. The van der Waals surface area contributed by atoms with E-state index < -0.39 is 0 Å². The highest BCUT2D eigenvalue weighted by atomic mass is 16.5. The van der Waals surface area contributed by atoms with Crippen LogP contribution in [0.15, 0.2) is 24.3 Å². The van der Waals surface area contributed by atoms with Gasteiger partial charge in [0.1, 0.15) is 5.75 Å². The molecule has 0 aliphatic carbocycles. The van der Waals surface area contributed by atoms with E-state index in [1.807, 2.05) is 0 Å². The molecule has 1 aromatic carbocycles. The lowest BCUT2D eigenvalue weighted by Crippen LogP contribution is -2.19. The van der Waals surface area contributed by atoms with Crippen molar-refractivity contribution in [1.82, 2.24) is 5.32 Å². The number of rotatable bonds is 9. The quantitative estimate of drug-likeness (QED) is 0.668. The summed E-state index contributed by atoms with van der Waals surface area (Å²) < 4.78 is 5.98. The number of benzene rings is 1. The normalized spacial score (nSPS) is 12.7. The Labute approximate surface area is 118 Å². The Morgan fingerprint density at radius 1 is 1.16 bits per heavy atom. The Morgan fingerprint density at radius 2 is 1.95 bits per heavy atom. The van der Waals surface area contributed by atoms with Gasteiger partial charge in [0.2, 0.25) is 0 Å². The van der Waals surface area contributed by atoms with E-state index in [0.717, 1.165) is 25.3 Å². The molecule has 0 bridgehead atoms. The van der Waals surface area contributed by atoms with Gasteiger partial charge in [-0.2, -0.15) is 0 Å². The van der Waals surface area contributed by atoms with Crippen LogP contribution in [0.5, 0.6) is 5.75 Å². The first kappa shape index (κ1) is 16.0. The molecule has 1 atom stereocenters. The Kier molecular flexibility index (Phi) is 7.57. The van der Waals surface area contributed by atoms with E-state index in [2.05, 4.69) is 57.3 Å². The summed E-state index contributed by atoms with van der Waals surface area (Å²) in [7, 11) is 0. The van der Waals surface area contributed by atoms with Crippen molar-refractivity contribution in [3.8, 4) is 5.75 Å². The van der Waals surface area contributed by atoms with Gasteiger partial charge in [-0.25, -0.2) is 0 Å². The van der Waals surface area contributed by atoms with Crippen molar-refractivity contribution in [2.75, 3.05) is 13.1 Å². The zero-order valence-electron chi connectivity index (χ0n) is 12.9. The van der Waals surface area contributed by atoms with Crippen molar-refractivity contribution < 1.29 is 4.74 Å². The van der Waals surface area contributed by atoms with Gasteiger partial charge in [0.25, 0.3) is 0 Å². The van der Waals surface area contributed by atoms with Gasteiger partial charge in [-0.05, 0) is 62.9 Å². The van der Waals surface area contributed by atoms with Crippen LogP contribution in [0.2, 0.25) is 0 Å². The van der Waals surface area contributed by atoms with Gasteiger partial charge in [-0.3, -0.25) is 0 Å². The lowest BCUT2D eigenvalue weighted by Gasteiger charge is -2.16. The van der Waals surface area contributed by atoms with Gasteiger partial charge >= 0.3 is 0 Å². The number of hydrogen-bond donors (Lipinski definition) is 1. The van der Waals surface area contributed by atoms with E-state index >= 15 is 0 Å². The molecule has 0 aliphatic rings. The zero-order valence-corrected chi connectivity index (χ0v) is 12.9. The molecule has 0 saturated heterocycles. The second-order valence-corrected chi connectivity index (χ2v) is 5.55. The van der Waals surface area contributed by atoms with Crippen molar-refractivity contribution >= 4 is 0 Å². The third-order valence-electron chi connectivity index (χ3n) is 3.25. The van der Waals surface area contributed by atoms with E-state index in [0.29, 0.717) is 5.92 Å². The molecule has 108 valence electrons. The van der Waals surface area contributed by atoms with Crippen LogP contribution in [0.25, 0.3) is 0 Å². The number of ether oxygens (including phenoxy) is 1. The molecular formula is C17H29NO. The monoisotopic (exact) mass is 263 g/mol. The van der Waals surface area contributed by atoms with E-state index in [1.165, 1.54) is 18.4 Å². The molecule has 2 nitrogen and oxygen atoms in total. The summed E-state index contributed by atoms with van der Waals surface area (Å²) in [4.78, 5) is 0. The van der Waals surface area contributed by atoms with E-state index in [9.17, 15) is 0 Å². The van der Waals surface area contributed by atoms with Crippen molar-refractivity contribution in [2.24, 2.45) is 0 Å². The Hall–Kier alpha value is -1.02. The van der Waals surface area contributed by atoms with E-state index in [1.54, 1.807) is 0 Å². The lowest BCUT2D eigenvalue weighted by atomic mass is 10.0. The van der Waals surface area contributed by atoms with Crippen LogP contribution in [0, 0.1) is 0 Å². The first-order chi connectivity index (χ1) is 9.13. The minimum absolute atomic E-state index is 0.283. The summed E-state index contributed by atoms with van der Waals surface area (Å²) in [5.74, 6) is 1.55. The van der Waals surface area contributed by atoms with Crippen molar-refractivity contribution in [2.45, 2.75) is 59.0 Å². The van der Waals surface area contributed by atoms with Crippen LogP contribution in [-0.4, -0.2) is 19.2 Å². The number of hydrogen-bond acceptors (Lipinski definition) is 2. The molecule has 0 aromatic heterocycles. The van der Waals surface area contributed by atoms with Crippen LogP contribution in [0.1, 0.15) is 58.4 Å². The molecule has 1 unspecified atom stereocenters. The average Bonchev–Trinajstić information content (AvgIpc) is 2.38. The van der Waals surface area contributed by atoms with Crippen molar-refractivity contribution in [3.63, 3.8) is 0 Å². The fraction of sp³-hybridized carbons (Fsp3) is 0.647. The zero-order chi connectivity index (χ0) is 14.1. The van der Waals surface area contributed by atoms with Crippen LogP contribution in [0.4, 0.5) is 0 Å². The molecule has 1 aromatic rings. The van der Waals surface area contributed by atoms with Gasteiger partial charge in [0.05, 0.1) is 6.10 Å². The molecule has 0 radical (unpaired) electrons. The predicted octanol–water partition coefficient (Wildman–Crippen LogP) is 4.36. The SMILES string of the molecule is CCCNCCCC(C)Oc1cccc(C(C)C)c1. The van der Waals surface area contributed by atoms with Crippen LogP contribution >= 0.6 is 0 Å². The predicted molar refractivity (Wildman–Crippen MR) is 83.0 cm³/mol. The second kappa shape index (κ2) is 8.98. The van der Waals surface area contributed by atoms with Crippen molar-refractivity contribution in [1.29, 1.82) is 0 Å². The largest absolute Gasteiger partial charge is 0.491 e. The summed E-state index contributed by atoms with van der Waals surface area (Å²) >= 11 is 0. The molecule has 0 spiro atoms. The smallest absolute Gasteiger partial charge is 0.119 e. The van der Waals surface area contributed by atoms with Gasteiger partial charge in [-0.1, -0.05) is 32.9 Å². The molecule has 0 fully saturated rings. The Morgan fingerprint density at radius 3 is 2.63 bits per heavy atom. The topological polar surface area (TPSA) is 21.3 Å². The van der Waals surface area contributed by atoms with Gasteiger partial charge < -0.3 is 10.1 Å². The van der Waals surface area contributed by atoms with Crippen LogP contribution in [-0.2, 0) is 0 Å². The Bertz CT molecular complexity index is 349. The summed E-state index contributed by atoms with van der Waals surface area (Å²) in [6, 6.07) is 8.46. The molecule has 0 heterocycles. The molecule has 2 heteroatoms. The maximum Gasteiger partial charge on any atom is 0.119 e. The summed E-state index contributed by atoms with van der Waals surface area (Å²) in [5, 5.41) is 3.42. The highest BCUT2D eigenvalue weighted by Gasteiger charge is 2.05. The number of nitrogens with one attached hydrogen (secondary N) is 1. The molecule has 0 aliphatic heterocycles. The Balaban J connectivity index is 2.31. The van der Waals surface area contributed by atoms with Gasteiger partial charge in [-0.15, -0.1) is 0 Å².